The van der Waals surface area contributed by atoms with Crippen molar-refractivity contribution in [2.75, 3.05) is 10.6 Å². The molecule has 176 valence electrons. The Bertz CT molecular complexity index is 1390. The number of aromatic nitrogens is 3. The van der Waals surface area contributed by atoms with Gasteiger partial charge >= 0.3 is 0 Å². The molecule has 35 heavy (non-hydrogen) atoms. The molecule has 0 saturated heterocycles. The fourth-order valence-electron chi connectivity index (χ4n) is 3.83. The standard InChI is InChI=1S/C27H26N6O2/c1-17-6-4-7-22(27-31-19(3)33-35-27)24(17)21-11-9-20(10-12-21)16-30-26-25(18(2)13-15-29-26)32-23(34)8-5-14-28/h4,6-7,9-13,15H,5,8,16H2,1-3H3,(H,29,30)(H,32,34). The number of benzene rings is 2. The highest BCUT2D eigenvalue weighted by atomic mass is 16.5. The van der Waals surface area contributed by atoms with Gasteiger partial charge in [-0.3, -0.25) is 4.79 Å². The lowest BCUT2D eigenvalue weighted by atomic mass is 9.94. The van der Waals surface area contributed by atoms with Gasteiger partial charge in [0, 0.05) is 31.1 Å². The summed E-state index contributed by atoms with van der Waals surface area (Å²) in [7, 11) is 0. The first-order chi connectivity index (χ1) is 17.0. The molecule has 0 aliphatic carbocycles. The maximum Gasteiger partial charge on any atom is 0.258 e. The molecule has 8 heteroatoms. The van der Waals surface area contributed by atoms with Crippen molar-refractivity contribution < 1.29 is 9.32 Å². The number of aryl methyl sites for hydroxylation is 3. The van der Waals surface area contributed by atoms with Gasteiger partial charge in [0.1, 0.15) is 5.82 Å². The van der Waals surface area contributed by atoms with Gasteiger partial charge in [-0.05, 0) is 60.7 Å². The third-order valence-corrected chi connectivity index (χ3v) is 5.62. The Morgan fingerprint density at radius 1 is 1.06 bits per heavy atom. The Balaban J connectivity index is 1.52. The summed E-state index contributed by atoms with van der Waals surface area (Å²) in [5.74, 6) is 1.48. The molecule has 2 aromatic carbocycles. The number of amides is 1. The lowest BCUT2D eigenvalue weighted by Gasteiger charge is -2.15. The van der Waals surface area contributed by atoms with Crippen LogP contribution in [-0.2, 0) is 11.3 Å². The Hall–Kier alpha value is -4.51. The molecule has 2 N–H and O–H groups in total. The van der Waals surface area contributed by atoms with Crippen molar-refractivity contribution in [2.45, 2.75) is 40.2 Å². The zero-order valence-electron chi connectivity index (χ0n) is 19.9. The van der Waals surface area contributed by atoms with Crippen LogP contribution in [0.1, 0.15) is 35.4 Å². The second kappa shape index (κ2) is 10.6. The quantitative estimate of drug-likeness (QED) is 0.348. The molecule has 0 bridgehead atoms. The maximum absolute atomic E-state index is 12.1. The number of carbonyl (C=O) groups excluding carboxylic acids is 1. The molecule has 0 atom stereocenters. The molecule has 4 rings (SSSR count). The summed E-state index contributed by atoms with van der Waals surface area (Å²) in [5.41, 5.74) is 6.71. The van der Waals surface area contributed by atoms with Gasteiger partial charge in [0.25, 0.3) is 5.89 Å². The number of rotatable bonds is 8. The van der Waals surface area contributed by atoms with Crippen LogP contribution in [0, 0.1) is 32.1 Å². The average molecular weight is 467 g/mol. The molecular weight excluding hydrogens is 440 g/mol. The zero-order chi connectivity index (χ0) is 24.8. The predicted molar refractivity (Wildman–Crippen MR) is 134 cm³/mol. The van der Waals surface area contributed by atoms with Gasteiger partial charge in [-0.15, -0.1) is 0 Å². The van der Waals surface area contributed by atoms with Gasteiger partial charge in [0.05, 0.1) is 11.8 Å². The highest BCUT2D eigenvalue weighted by molar-refractivity contribution is 5.94. The van der Waals surface area contributed by atoms with E-state index in [9.17, 15) is 4.79 Å². The third-order valence-electron chi connectivity index (χ3n) is 5.62. The molecule has 2 aromatic heterocycles. The predicted octanol–water partition coefficient (Wildman–Crippen LogP) is 5.58. The van der Waals surface area contributed by atoms with E-state index in [1.54, 1.807) is 13.1 Å². The summed E-state index contributed by atoms with van der Waals surface area (Å²) in [6, 6.07) is 18.1. The molecule has 8 nitrogen and oxygen atoms in total. The summed E-state index contributed by atoms with van der Waals surface area (Å²) in [6.45, 7) is 6.30. The highest BCUT2D eigenvalue weighted by Crippen LogP contribution is 2.34. The van der Waals surface area contributed by atoms with Crippen molar-refractivity contribution in [3.05, 3.63) is 77.2 Å². The molecular formula is C27H26N6O2. The van der Waals surface area contributed by atoms with Gasteiger partial charge in [0.15, 0.2) is 5.82 Å². The smallest absolute Gasteiger partial charge is 0.258 e. The normalized spacial score (nSPS) is 10.6. The lowest BCUT2D eigenvalue weighted by Crippen LogP contribution is -2.15. The highest BCUT2D eigenvalue weighted by Gasteiger charge is 2.15. The Morgan fingerprint density at radius 2 is 1.86 bits per heavy atom. The van der Waals surface area contributed by atoms with E-state index in [0.717, 1.165) is 33.4 Å². The summed E-state index contributed by atoms with van der Waals surface area (Å²) >= 11 is 0. The fraction of sp³-hybridized carbons (Fsp3) is 0.222. The number of anilines is 2. The number of nitrogens with zero attached hydrogens (tertiary/aromatic N) is 4. The van der Waals surface area contributed by atoms with Gasteiger partial charge in [-0.1, -0.05) is 41.6 Å². The number of carbonyl (C=O) groups is 1. The third kappa shape index (κ3) is 5.53. The molecule has 0 radical (unpaired) electrons. The van der Waals surface area contributed by atoms with E-state index >= 15 is 0 Å². The zero-order valence-corrected chi connectivity index (χ0v) is 19.9. The van der Waals surface area contributed by atoms with E-state index in [1.807, 2.05) is 31.2 Å². The molecule has 1 amide bonds. The number of nitrogens with one attached hydrogen (secondary N) is 2. The van der Waals surface area contributed by atoms with Crippen LogP contribution >= 0.6 is 0 Å². The first kappa shape index (κ1) is 23.6. The van der Waals surface area contributed by atoms with Crippen LogP contribution in [0.25, 0.3) is 22.6 Å². The second-order valence-corrected chi connectivity index (χ2v) is 8.25. The van der Waals surface area contributed by atoms with Crippen molar-refractivity contribution in [3.63, 3.8) is 0 Å². The van der Waals surface area contributed by atoms with Crippen molar-refractivity contribution >= 4 is 17.4 Å². The van der Waals surface area contributed by atoms with Crippen LogP contribution in [0.2, 0.25) is 0 Å². The minimum Gasteiger partial charge on any atom is -0.364 e. The number of hydrogen-bond acceptors (Lipinski definition) is 7. The van der Waals surface area contributed by atoms with E-state index < -0.39 is 0 Å². The minimum atomic E-state index is -0.208. The van der Waals surface area contributed by atoms with Crippen molar-refractivity contribution in [1.82, 2.24) is 15.1 Å². The van der Waals surface area contributed by atoms with Crippen molar-refractivity contribution in [3.8, 4) is 28.7 Å². The molecule has 0 unspecified atom stereocenters. The van der Waals surface area contributed by atoms with E-state index in [-0.39, 0.29) is 18.7 Å². The Kier molecular flexibility index (Phi) is 7.17. The second-order valence-electron chi connectivity index (χ2n) is 8.25. The van der Waals surface area contributed by atoms with Crippen LogP contribution in [0.4, 0.5) is 11.5 Å². The Morgan fingerprint density at radius 3 is 2.57 bits per heavy atom. The number of pyridine rings is 1. The van der Waals surface area contributed by atoms with Crippen molar-refractivity contribution in [1.29, 1.82) is 5.26 Å². The van der Waals surface area contributed by atoms with E-state index in [1.165, 1.54) is 0 Å². The van der Waals surface area contributed by atoms with E-state index in [4.69, 9.17) is 9.78 Å². The average Bonchev–Trinajstić information content (AvgIpc) is 3.29. The van der Waals surface area contributed by atoms with E-state index in [0.29, 0.717) is 29.8 Å². The molecule has 0 aliphatic heterocycles. The van der Waals surface area contributed by atoms with Crippen LogP contribution < -0.4 is 10.6 Å². The van der Waals surface area contributed by atoms with Crippen LogP contribution in [0.5, 0.6) is 0 Å². The van der Waals surface area contributed by atoms with Crippen LogP contribution in [-0.4, -0.2) is 21.0 Å². The fourth-order valence-corrected chi connectivity index (χ4v) is 3.83. The van der Waals surface area contributed by atoms with Crippen LogP contribution in [0.15, 0.2) is 59.3 Å². The summed E-state index contributed by atoms with van der Waals surface area (Å²) in [4.78, 5) is 20.9. The van der Waals surface area contributed by atoms with Gasteiger partial charge in [-0.25, -0.2) is 4.98 Å². The molecule has 0 fully saturated rings. The minimum absolute atomic E-state index is 0.149. The topological polar surface area (TPSA) is 117 Å². The number of nitriles is 1. The first-order valence-electron chi connectivity index (χ1n) is 11.3. The summed E-state index contributed by atoms with van der Waals surface area (Å²) < 4.78 is 5.42. The number of hydrogen-bond donors (Lipinski definition) is 2. The Labute approximate surface area is 204 Å². The van der Waals surface area contributed by atoms with Gasteiger partial charge in [0.2, 0.25) is 5.91 Å². The molecule has 0 aliphatic rings. The van der Waals surface area contributed by atoms with Gasteiger partial charge < -0.3 is 15.2 Å². The van der Waals surface area contributed by atoms with Crippen LogP contribution in [0.3, 0.4) is 0 Å². The first-order valence-corrected chi connectivity index (χ1v) is 11.3. The molecule has 0 spiro atoms. The molecule has 2 heterocycles. The maximum atomic E-state index is 12.1. The lowest BCUT2D eigenvalue weighted by molar-refractivity contribution is -0.116. The SMILES string of the molecule is Cc1noc(-c2cccc(C)c2-c2ccc(CNc3nccc(C)c3NC(=O)CCC#N)cc2)n1. The molecule has 4 aromatic rings. The van der Waals surface area contributed by atoms with Gasteiger partial charge in [-0.2, -0.15) is 10.2 Å². The van der Waals surface area contributed by atoms with E-state index in [2.05, 4.69) is 63.0 Å². The van der Waals surface area contributed by atoms with Crippen molar-refractivity contribution in [2.24, 2.45) is 0 Å². The summed E-state index contributed by atoms with van der Waals surface area (Å²) in [5, 5.41) is 18.8. The summed E-state index contributed by atoms with van der Waals surface area (Å²) in [6.07, 6.45) is 2.02. The largest absolute Gasteiger partial charge is 0.364 e. The molecule has 0 saturated carbocycles. The monoisotopic (exact) mass is 466 g/mol.